The number of rotatable bonds is 5. The standard InChI is InChI=1S/C7H6N2O3.C7H8N2O.2C2H6.CH4.3HI.V/c10-5-8-6-3-1-2-4-7(6)9(11)12;8-6-3-1-2-4-7(6)9-5-10;2*1-2;;;;;/h1-5H,(H,8,10);1-5H,8H2,(H,9,10);2*1-2H3;1H4;3*1H;/q;;;;;;;;+3/p-3. The first kappa shape index (κ1) is 37.7. The van der Waals surface area contributed by atoms with Crippen LogP contribution in [-0.4, -0.2) is 17.7 Å². The molecule has 0 bridgehead atoms. The molecule has 0 aliphatic rings. The first-order valence-electron chi connectivity index (χ1n) is 8.59. The van der Waals surface area contributed by atoms with E-state index in [-0.39, 0.29) is 23.7 Å². The molecule has 0 aliphatic carbocycles. The van der Waals surface area contributed by atoms with Gasteiger partial charge in [-0.25, -0.2) is 0 Å². The van der Waals surface area contributed by atoms with E-state index in [0.29, 0.717) is 24.2 Å². The van der Waals surface area contributed by atoms with Crippen molar-refractivity contribution in [3.63, 3.8) is 0 Å². The Morgan fingerprint density at radius 3 is 1.61 bits per heavy atom. The number of nitrogens with two attached hydrogens (primary N) is 1. The number of anilines is 3. The number of hydrogen-bond donors (Lipinski definition) is 3. The topological polar surface area (TPSA) is 127 Å². The number of nitro benzene ring substituents is 1. The Hall–Kier alpha value is -0.646. The van der Waals surface area contributed by atoms with Gasteiger partial charge in [-0.05, 0) is 18.2 Å². The maximum atomic E-state index is 10.3. The van der Waals surface area contributed by atoms with Crippen LogP contribution in [0.4, 0.5) is 22.7 Å². The summed E-state index contributed by atoms with van der Waals surface area (Å²) in [6.07, 6.45) is 1.01. The zero-order valence-electron chi connectivity index (χ0n) is 17.0. The Kier molecular flexibility index (Phi) is 33.3. The van der Waals surface area contributed by atoms with E-state index in [4.69, 9.17) is 5.73 Å². The van der Waals surface area contributed by atoms with E-state index < -0.39 is 4.92 Å². The number of carbonyl (C=O) groups is 2. The number of para-hydroxylation sites is 4. The monoisotopic (exact) mass is 810 g/mol. The zero-order chi connectivity index (χ0) is 23.9. The van der Waals surface area contributed by atoms with Crippen LogP contribution in [0.5, 0.6) is 0 Å². The Morgan fingerprint density at radius 2 is 1.23 bits per heavy atom. The number of nitrogens with one attached hydrogen (secondary N) is 2. The van der Waals surface area contributed by atoms with Gasteiger partial charge in [0.25, 0.3) is 5.69 Å². The summed E-state index contributed by atoms with van der Waals surface area (Å²) < 4.78 is 0. The molecule has 31 heavy (non-hydrogen) atoms. The quantitative estimate of drug-likeness (QED) is 0.0959. The summed E-state index contributed by atoms with van der Waals surface area (Å²) >= 11 is 7.39. The zero-order valence-corrected chi connectivity index (χ0v) is 24.9. The van der Waals surface area contributed by atoms with Crippen LogP contribution in [0.2, 0.25) is 0 Å². The number of carbonyl (C=O) groups excluding carboxylic acids is 2. The van der Waals surface area contributed by atoms with Gasteiger partial charge in [-0.15, -0.1) is 0 Å². The summed E-state index contributed by atoms with van der Waals surface area (Å²) in [4.78, 5) is 29.5. The van der Waals surface area contributed by atoms with E-state index in [9.17, 15) is 19.7 Å². The molecule has 0 saturated carbocycles. The van der Waals surface area contributed by atoms with Crippen LogP contribution in [0, 0.1) is 10.1 Å². The molecule has 0 aromatic heterocycles. The first-order valence-corrected chi connectivity index (χ1v) is 22.1. The molecule has 0 heterocycles. The van der Waals surface area contributed by atoms with Crippen molar-refractivity contribution < 1.29 is 19.4 Å². The van der Waals surface area contributed by atoms with E-state index in [1.54, 1.807) is 18.2 Å². The van der Waals surface area contributed by atoms with E-state index in [2.05, 4.69) is 70.6 Å². The molecule has 0 spiro atoms. The SMILES string of the molecule is C.CC.CC.Nc1ccccc1NC=O.O=CNc1ccccc1[N+](=O)[O-].[I][V]([I])[I]. The number of amides is 2. The molecule has 176 valence electrons. The van der Waals surface area contributed by atoms with Gasteiger partial charge in [-0.1, -0.05) is 59.4 Å². The van der Waals surface area contributed by atoms with Crippen molar-refractivity contribution in [1.29, 1.82) is 0 Å². The molecule has 2 rings (SSSR count). The summed E-state index contributed by atoms with van der Waals surface area (Å²) in [6, 6.07) is 13.0. The number of halogens is 3. The van der Waals surface area contributed by atoms with Crippen molar-refractivity contribution in [3.05, 3.63) is 58.6 Å². The Balaban J connectivity index is -0.000000174. The molecule has 0 fully saturated rings. The van der Waals surface area contributed by atoms with Gasteiger partial charge in [0.1, 0.15) is 5.69 Å². The van der Waals surface area contributed by atoms with Crippen molar-refractivity contribution in [2.24, 2.45) is 0 Å². The third kappa shape index (κ3) is 22.3. The number of nitrogen functional groups attached to an aromatic ring is 1. The Labute approximate surface area is 222 Å². The second kappa shape index (κ2) is 27.4. The molecule has 0 atom stereocenters. The molecule has 8 nitrogen and oxygen atoms in total. The molecule has 0 saturated heterocycles. The second-order valence-electron chi connectivity index (χ2n) is 4.08. The van der Waals surface area contributed by atoms with Crippen LogP contribution < -0.4 is 16.4 Å². The molecule has 12 heteroatoms. The average molecular weight is 810 g/mol. The third-order valence-corrected chi connectivity index (χ3v) is 2.49. The third-order valence-electron chi connectivity index (χ3n) is 2.49. The molecule has 2 aromatic rings. The number of benzene rings is 2. The van der Waals surface area contributed by atoms with Crippen molar-refractivity contribution in [2.75, 3.05) is 16.4 Å². The summed E-state index contributed by atoms with van der Waals surface area (Å²) in [5.41, 5.74) is 6.81. The molecule has 4 N–H and O–H groups in total. The predicted octanol–water partition coefficient (Wildman–Crippen LogP) is 7.34. The fourth-order valence-electron chi connectivity index (χ4n) is 1.51. The molecule has 0 aliphatic heterocycles. The van der Waals surface area contributed by atoms with Crippen LogP contribution in [0.25, 0.3) is 0 Å². The first-order chi connectivity index (χ1) is 14.3. The fourth-order valence-corrected chi connectivity index (χ4v) is 1.51. The summed E-state index contributed by atoms with van der Waals surface area (Å²) in [5, 5.41) is 15.1. The van der Waals surface area contributed by atoms with Crippen LogP contribution in [-0.2, 0) is 14.5 Å². The van der Waals surface area contributed by atoms with Gasteiger partial charge in [-0.3, -0.25) is 19.7 Å². The molecule has 0 radical (unpaired) electrons. The van der Waals surface area contributed by atoms with E-state index in [1.165, 1.54) is 18.2 Å². The van der Waals surface area contributed by atoms with Crippen molar-refractivity contribution in [2.45, 2.75) is 35.1 Å². The van der Waals surface area contributed by atoms with Crippen molar-refractivity contribution >= 4 is 95.5 Å². The number of hydrogen-bond acceptors (Lipinski definition) is 5. The molecular weight excluding hydrogens is 780 g/mol. The number of nitro groups is 1. The van der Waals surface area contributed by atoms with Crippen LogP contribution in [0.3, 0.4) is 0 Å². The molecular formula is C19H30I3N4O4V. The minimum absolute atomic E-state index is 0. The second-order valence-corrected chi connectivity index (χ2v) is 39.4. The number of nitrogens with zero attached hydrogens (tertiary/aromatic N) is 1. The molecule has 2 aromatic carbocycles. The van der Waals surface area contributed by atoms with Gasteiger partial charge in [0.2, 0.25) is 12.8 Å². The van der Waals surface area contributed by atoms with Crippen molar-refractivity contribution in [3.8, 4) is 0 Å². The van der Waals surface area contributed by atoms with Gasteiger partial charge >= 0.3 is 64.9 Å². The molecule has 2 amide bonds. The minimum atomic E-state index is -0.550. The van der Waals surface area contributed by atoms with Gasteiger partial charge in [0, 0.05) is 6.07 Å². The maximum absolute atomic E-state index is 10.3. The fraction of sp³-hybridized carbons (Fsp3) is 0.263. The summed E-state index contributed by atoms with van der Waals surface area (Å²) in [6.45, 7) is 8.00. The van der Waals surface area contributed by atoms with Gasteiger partial charge in [0.15, 0.2) is 0 Å². The Bertz CT molecular complexity index is 723. The van der Waals surface area contributed by atoms with E-state index >= 15 is 0 Å². The van der Waals surface area contributed by atoms with Gasteiger partial charge in [-0.2, -0.15) is 0 Å². The van der Waals surface area contributed by atoms with Crippen molar-refractivity contribution in [1.82, 2.24) is 0 Å². The van der Waals surface area contributed by atoms with Gasteiger partial charge < -0.3 is 16.4 Å². The predicted molar refractivity (Wildman–Crippen MR) is 155 cm³/mol. The van der Waals surface area contributed by atoms with Crippen LogP contribution >= 0.6 is 59.9 Å². The summed E-state index contributed by atoms with van der Waals surface area (Å²) in [5.74, 6) is 0. The molecule has 0 unspecified atom stereocenters. The normalized spacial score (nSPS) is 7.87. The average Bonchev–Trinajstić information content (AvgIpc) is 2.73. The van der Waals surface area contributed by atoms with E-state index in [1.807, 2.05) is 39.8 Å². The van der Waals surface area contributed by atoms with Crippen LogP contribution in [0.1, 0.15) is 35.1 Å². The Morgan fingerprint density at radius 1 is 0.871 bits per heavy atom. The summed E-state index contributed by atoms with van der Waals surface area (Å²) in [7, 11) is 0. The van der Waals surface area contributed by atoms with E-state index in [0.717, 1.165) is 0 Å². The van der Waals surface area contributed by atoms with Crippen LogP contribution in [0.15, 0.2) is 48.5 Å². The van der Waals surface area contributed by atoms with Gasteiger partial charge in [0.05, 0.1) is 16.3 Å².